The first-order valence-electron chi connectivity index (χ1n) is 5.80. The number of rotatable bonds is 6. The van der Waals surface area contributed by atoms with Crippen molar-refractivity contribution in [3.05, 3.63) is 24.4 Å². The van der Waals surface area contributed by atoms with E-state index in [1.165, 1.54) is 18.4 Å². The molecule has 0 rings (SSSR count). The van der Waals surface area contributed by atoms with Crippen LogP contribution in [-0.4, -0.2) is 6.04 Å². The number of allylic oxidation sites excluding steroid dienone is 2. The summed E-state index contributed by atoms with van der Waals surface area (Å²) in [5, 5.41) is 3.47. The van der Waals surface area contributed by atoms with Gasteiger partial charge in [0.1, 0.15) is 0 Å². The number of hydrogen-bond donors (Lipinski definition) is 1. The molecule has 1 heteroatoms. The second-order valence-corrected chi connectivity index (χ2v) is 5.69. The standard InChI is InChI=1S/C14H27N/c1-11(2)9-8-10-13(14(5,6)7)15-12(3)4/h13,15H,1,3,8-10H2,2,4-7H3. The van der Waals surface area contributed by atoms with Gasteiger partial charge in [0.2, 0.25) is 0 Å². The van der Waals surface area contributed by atoms with Crippen LogP contribution in [0, 0.1) is 5.41 Å². The maximum atomic E-state index is 3.94. The normalized spacial score (nSPS) is 13.4. The molecule has 0 fully saturated rings. The third kappa shape index (κ3) is 7.24. The van der Waals surface area contributed by atoms with E-state index in [0.29, 0.717) is 6.04 Å². The molecule has 0 aliphatic rings. The fourth-order valence-corrected chi connectivity index (χ4v) is 1.63. The van der Waals surface area contributed by atoms with Crippen LogP contribution in [-0.2, 0) is 0 Å². The molecule has 0 bridgehead atoms. The van der Waals surface area contributed by atoms with Crippen LogP contribution in [0.5, 0.6) is 0 Å². The van der Waals surface area contributed by atoms with Crippen LogP contribution < -0.4 is 5.32 Å². The number of hydrogen-bond acceptors (Lipinski definition) is 1. The summed E-state index contributed by atoms with van der Waals surface area (Å²) in [5.41, 5.74) is 2.62. The van der Waals surface area contributed by atoms with Gasteiger partial charge in [0.25, 0.3) is 0 Å². The fraction of sp³-hybridized carbons (Fsp3) is 0.714. The van der Waals surface area contributed by atoms with Gasteiger partial charge >= 0.3 is 0 Å². The van der Waals surface area contributed by atoms with Crippen LogP contribution in [0.1, 0.15) is 53.9 Å². The summed E-state index contributed by atoms with van der Waals surface area (Å²) in [4.78, 5) is 0. The average Bonchev–Trinajstić information content (AvgIpc) is 1.99. The highest BCUT2D eigenvalue weighted by molar-refractivity contribution is 4.94. The molecule has 15 heavy (non-hydrogen) atoms. The zero-order valence-electron chi connectivity index (χ0n) is 11.1. The third-order valence-corrected chi connectivity index (χ3v) is 2.56. The van der Waals surface area contributed by atoms with Gasteiger partial charge in [0.05, 0.1) is 0 Å². The molecule has 1 unspecified atom stereocenters. The lowest BCUT2D eigenvalue weighted by Crippen LogP contribution is -2.39. The Balaban J connectivity index is 4.14. The van der Waals surface area contributed by atoms with Crippen molar-refractivity contribution in [3.63, 3.8) is 0 Å². The van der Waals surface area contributed by atoms with Crippen LogP contribution in [0.15, 0.2) is 24.4 Å². The van der Waals surface area contributed by atoms with E-state index in [1.807, 2.05) is 6.92 Å². The Bertz CT molecular complexity index is 220. The van der Waals surface area contributed by atoms with E-state index in [2.05, 4.69) is 46.2 Å². The van der Waals surface area contributed by atoms with E-state index in [-0.39, 0.29) is 5.41 Å². The molecular formula is C14H27N. The van der Waals surface area contributed by atoms with Crippen LogP contribution in [0.4, 0.5) is 0 Å². The molecule has 1 atom stereocenters. The van der Waals surface area contributed by atoms with E-state index in [1.54, 1.807) is 0 Å². The molecule has 0 aromatic heterocycles. The molecule has 0 spiro atoms. The Morgan fingerprint density at radius 1 is 1.20 bits per heavy atom. The van der Waals surface area contributed by atoms with Crippen molar-refractivity contribution in [1.82, 2.24) is 5.32 Å². The van der Waals surface area contributed by atoms with Crippen molar-refractivity contribution >= 4 is 0 Å². The average molecular weight is 209 g/mol. The Labute approximate surface area is 95.7 Å². The van der Waals surface area contributed by atoms with Crippen LogP contribution >= 0.6 is 0 Å². The van der Waals surface area contributed by atoms with Crippen molar-refractivity contribution in [3.8, 4) is 0 Å². The lowest BCUT2D eigenvalue weighted by atomic mass is 9.83. The highest BCUT2D eigenvalue weighted by atomic mass is 14.9. The molecule has 0 aromatic rings. The van der Waals surface area contributed by atoms with E-state index in [9.17, 15) is 0 Å². The van der Waals surface area contributed by atoms with Crippen molar-refractivity contribution in [2.45, 2.75) is 59.9 Å². The molecule has 0 saturated carbocycles. The van der Waals surface area contributed by atoms with Gasteiger partial charge in [-0.1, -0.05) is 32.9 Å². The Hall–Kier alpha value is -0.720. The zero-order chi connectivity index (χ0) is 12.1. The minimum atomic E-state index is 0.286. The van der Waals surface area contributed by atoms with Gasteiger partial charge in [-0.2, -0.15) is 0 Å². The second-order valence-electron chi connectivity index (χ2n) is 5.69. The molecule has 88 valence electrons. The molecule has 1 N–H and O–H groups in total. The van der Waals surface area contributed by atoms with Crippen molar-refractivity contribution in [2.24, 2.45) is 5.41 Å². The van der Waals surface area contributed by atoms with Gasteiger partial charge in [-0.15, -0.1) is 6.58 Å². The smallest absolute Gasteiger partial charge is 0.0306 e. The summed E-state index contributed by atoms with van der Waals surface area (Å²) < 4.78 is 0. The van der Waals surface area contributed by atoms with Gasteiger partial charge in [-0.25, -0.2) is 0 Å². The SMILES string of the molecule is C=C(C)CCCC(NC(=C)C)C(C)(C)C. The van der Waals surface area contributed by atoms with Crippen molar-refractivity contribution in [2.75, 3.05) is 0 Å². The van der Waals surface area contributed by atoms with E-state index in [4.69, 9.17) is 0 Å². The minimum Gasteiger partial charge on any atom is -0.386 e. The predicted octanol–water partition coefficient (Wildman–Crippen LogP) is 4.27. The van der Waals surface area contributed by atoms with Crippen LogP contribution in [0.3, 0.4) is 0 Å². The van der Waals surface area contributed by atoms with E-state index in [0.717, 1.165) is 12.1 Å². The summed E-state index contributed by atoms with van der Waals surface area (Å²) in [6.45, 7) is 18.8. The topological polar surface area (TPSA) is 12.0 Å². The molecule has 0 aromatic carbocycles. The maximum Gasteiger partial charge on any atom is 0.0306 e. The van der Waals surface area contributed by atoms with Crippen LogP contribution in [0.25, 0.3) is 0 Å². The summed E-state index contributed by atoms with van der Waals surface area (Å²) in [6, 6.07) is 0.509. The van der Waals surface area contributed by atoms with Gasteiger partial charge in [0, 0.05) is 11.7 Å². The Morgan fingerprint density at radius 3 is 2.07 bits per heavy atom. The van der Waals surface area contributed by atoms with E-state index < -0.39 is 0 Å². The van der Waals surface area contributed by atoms with Gasteiger partial charge < -0.3 is 5.32 Å². The molecule has 0 amide bonds. The van der Waals surface area contributed by atoms with Gasteiger partial charge in [-0.05, 0) is 38.5 Å². The third-order valence-electron chi connectivity index (χ3n) is 2.56. The van der Waals surface area contributed by atoms with Crippen LogP contribution in [0.2, 0.25) is 0 Å². The van der Waals surface area contributed by atoms with Crippen molar-refractivity contribution in [1.29, 1.82) is 0 Å². The maximum absolute atomic E-state index is 3.94. The molecule has 0 aliphatic heterocycles. The highest BCUT2D eigenvalue weighted by Gasteiger charge is 2.23. The highest BCUT2D eigenvalue weighted by Crippen LogP contribution is 2.24. The first-order valence-corrected chi connectivity index (χ1v) is 5.80. The Morgan fingerprint density at radius 2 is 1.73 bits per heavy atom. The summed E-state index contributed by atoms with van der Waals surface area (Å²) in [6.07, 6.45) is 3.52. The second kappa shape index (κ2) is 5.99. The summed E-state index contributed by atoms with van der Waals surface area (Å²) >= 11 is 0. The quantitative estimate of drug-likeness (QED) is 0.644. The molecule has 0 heterocycles. The monoisotopic (exact) mass is 209 g/mol. The van der Waals surface area contributed by atoms with Gasteiger partial charge in [-0.3, -0.25) is 0 Å². The fourth-order valence-electron chi connectivity index (χ4n) is 1.63. The molecule has 0 radical (unpaired) electrons. The van der Waals surface area contributed by atoms with Gasteiger partial charge in [0.15, 0.2) is 0 Å². The molecule has 0 saturated heterocycles. The largest absolute Gasteiger partial charge is 0.386 e. The molecular weight excluding hydrogens is 182 g/mol. The zero-order valence-corrected chi connectivity index (χ0v) is 11.1. The predicted molar refractivity (Wildman–Crippen MR) is 69.9 cm³/mol. The minimum absolute atomic E-state index is 0.286. The van der Waals surface area contributed by atoms with E-state index >= 15 is 0 Å². The summed E-state index contributed by atoms with van der Waals surface area (Å²) in [7, 11) is 0. The first-order chi connectivity index (χ1) is 6.73. The summed E-state index contributed by atoms with van der Waals surface area (Å²) in [5.74, 6) is 0. The van der Waals surface area contributed by atoms with Crippen molar-refractivity contribution < 1.29 is 0 Å². The molecule has 1 nitrogen and oxygen atoms in total. The Kier molecular flexibility index (Phi) is 5.71. The lowest BCUT2D eigenvalue weighted by Gasteiger charge is -2.32. The lowest BCUT2D eigenvalue weighted by molar-refractivity contribution is 0.266. The first kappa shape index (κ1) is 14.3. The molecule has 0 aliphatic carbocycles. The number of nitrogens with one attached hydrogen (secondary N) is 1.